The Hall–Kier alpha value is -2.17. The Morgan fingerprint density at radius 2 is 1.64 bits per heavy atom. The molecule has 0 aromatic heterocycles. The molecule has 0 aliphatic rings. The normalized spacial score (nSPS) is 11.1. The molecule has 0 saturated carbocycles. The molecule has 2 aromatic carbocycles. The third kappa shape index (κ3) is 5.68. The van der Waals surface area contributed by atoms with Crippen LogP contribution in [0.15, 0.2) is 54.6 Å². The highest BCUT2D eigenvalue weighted by molar-refractivity contribution is 5.99. The molecule has 118 valence electrons. The van der Waals surface area contributed by atoms with E-state index < -0.39 is 0 Å². The van der Waals surface area contributed by atoms with Gasteiger partial charge in [-0.1, -0.05) is 42.5 Å². The van der Waals surface area contributed by atoms with Crippen molar-refractivity contribution in [1.29, 1.82) is 0 Å². The summed E-state index contributed by atoms with van der Waals surface area (Å²) in [5.41, 5.74) is 1.53. The summed E-state index contributed by atoms with van der Waals surface area (Å²) in [4.78, 5) is 11.4. The number of Topliss-reactive ketones (excluding diaryl/α,β-unsaturated/α-hetero) is 1. The highest BCUT2D eigenvalue weighted by Gasteiger charge is 2.09. The molecule has 0 radical (unpaired) electrons. The minimum absolute atomic E-state index is 0.0695. The van der Waals surface area contributed by atoms with Gasteiger partial charge in [0.2, 0.25) is 0 Å². The maximum absolute atomic E-state index is 11.4. The predicted octanol–water partition coefficient (Wildman–Crippen LogP) is 3.26. The van der Waals surface area contributed by atoms with E-state index in [1.54, 1.807) is 32.2 Å². The Bertz CT molecular complexity index is 564. The van der Waals surface area contributed by atoms with Gasteiger partial charge in [-0.25, -0.2) is 0 Å². The number of methoxy groups -OCH3 is 2. The van der Waals surface area contributed by atoms with Crippen molar-refractivity contribution in [3.05, 3.63) is 65.7 Å². The molecule has 0 amide bonds. The fourth-order valence-corrected chi connectivity index (χ4v) is 1.82. The summed E-state index contributed by atoms with van der Waals surface area (Å²) in [7, 11) is 3.03. The first-order chi connectivity index (χ1) is 10.6. The molecule has 0 aliphatic carbocycles. The van der Waals surface area contributed by atoms with E-state index in [4.69, 9.17) is 14.6 Å². The average Bonchev–Trinajstić information content (AvgIpc) is 2.56. The van der Waals surface area contributed by atoms with E-state index in [9.17, 15) is 4.79 Å². The second kappa shape index (κ2) is 9.71. The number of hydrogen-bond acceptors (Lipinski definition) is 4. The van der Waals surface area contributed by atoms with Crippen molar-refractivity contribution in [2.24, 2.45) is 0 Å². The lowest BCUT2D eigenvalue weighted by molar-refractivity contribution is 0.0845. The second-order valence-corrected chi connectivity index (χ2v) is 4.64. The van der Waals surface area contributed by atoms with E-state index in [2.05, 4.69) is 0 Å². The van der Waals surface area contributed by atoms with E-state index in [1.807, 2.05) is 36.4 Å². The molecular weight excluding hydrogens is 280 g/mol. The topological polar surface area (TPSA) is 55.8 Å². The van der Waals surface area contributed by atoms with Crippen molar-refractivity contribution in [2.75, 3.05) is 20.8 Å². The van der Waals surface area contributed by atoms with Gasteiger partial charge in [0.25, 0.3) is 0 Å². The molecule has 1 N–H and O–H groups in total. The van der Waals surface area contributed by atoms with Crippen LogP contribution in [0.4, 0.5) is 0 Å². The van der Waals surface area contributed by atoms with Gasteiger partial charge in [0, 0.05) is 7.11 Å². The van der Waals surface area contributed by atoms with Crippen LogP contribution < -0.4 is 4.74 Å². The molecule has 2 rings (SSSR count). The number of aliphatic hydroxyl groups excluding tert-OH is 1. The molecular formula is C18H22O4. The Balaban J connectivity index is 0.000000235. The predicted molar refractivity (Wildman–Crippen MR) is 86.3 cm³/mol. The van der Waals surface area contributed by atoms with Crippen molar-refractivity contribution in [1.82, 2.24) is 0 Å². The van der Waals surface area contributed by atoms with Gasteiger partial charge in [-0.15, -0.1) is 0 Å². The Kier molecular flexibility index (Phi) is 7.89. The number of hydrogen-bond donors (Lipinski definition) is 1. The van der Waals surface area contributed by atoms with Gasteiger partial charge in [-0.2, -0.15) is 0 Å². The van der Waals surface area contributed by atoms with Crippen LogP contribution >= 0.6 is 0 Å². The first-order valence-corrected chi connectivity index (χ1v) is 6.98. The minimum Gasteiger partial charge on any atom is -0.496 e. The molecule has 0 heterocycles. The largest absolute Gasteiger partial charge is 0.496 e. The summed E-state index contributed by atoms with van der Waals surface area (Å²) in [6.07, 6.45) is -0.341. The van der Waals surface area contributed by atoms with E-state index in [0.717, 1.165) is 5.56 Å². The summed E-state index contributed by atoms with van der Waals surface area (Å²) in [6.45, 7) is 1.84. The molecule has 0 aliphatic heterocycles. The van der Waals surface area contributed by atoms with Crippen LogP contribution in [-0.2, 0) is 4.74 Å². The second-order valence-electron chi connectivity index (χ2n) is 4.64. The molecule has 0 bridgehead atoms. The van der Waals surface area contributed by atoms with Crippen molar-refractivity contribution in [2.45, 2.75) is 13.0 Å². The standard InChI is InChI=1S/C10H12O3.C8H10O/c1-12-7-9(11)8-5-3-4-6-10(8)13-2;1-7(9)8-5-3-2-4-6-8/h3-6H,7H2,1-2H3;2-7,9H,1H3. The molecule has 1 unspecified atom stereocenters. The van der Waals surface area contributed by atoms with E-state index in [-0.39, 0.29) is 18.5 Å². The van der Waals surface area contributed by atoms with Crippen molar-refractivity contribution >= 4 is 5.78 Å². The number of ketones is 1. The highest BCUT2D eigenvalue weighted by Crippen LogP contribution is 2.17. The summed E-state index contributed by atoms with van der Waals surface area (Å²) < 4.78 is 9.79. The quantitative estimate of drug-likeness (QED) is 0.861. The van der Waals surface area contributed by atoms with E-state index in [1.165, 1.54) is 7.11 Å². The van der Waals surface area contributed by atoms with Crippen LogP contribution in [0, 0.1) is 0 Å². The fourth-order valence-electron chi connectivity index (χ4n) is 1.82. The summed E-state index contributed by atoms with van der Waals surface area (Å²) >= 11 is 0. The number of rotatable bonds is 5. The van der Waals surface area contributed by atoms with Gasteiger partial charge in [0.1, 0.15) is 12.4 Å². The number of carbonyl (C=O) groups excluding carboxylic acids is 1. The molecule has 0 spiro atoms. The molecule has 22 heavy (non-hydrogen) atoms. The third-order valence-electron chi connectivity index (χ3n) is 2.96. The maximum Gasteiger partial charge on any atom is 0.192 e. The Labute approximate surface area is 131 Å². The van der Waals surface area contributed by atoms with Crippen molar-refractivity contribution < 1.29 is 19.4 Å². The van der Waals surface area contributed by atoms with E-state index in [0.29, 0.717) is 11.3 Å². The zero-order valence-corrected chi connectivity index (χ0v) is 13.2. The van der Waals surface area contributed by atoms with Crippen molar-refractivity contribution in [3.63, 3.8) is 0 Å². The van der Waals surface area contributed by atoms with Crippen LogP contribution in [0.25, 0.3) is 0 Å². The first-order valence-electron chi connectivity index (χ1n) is 6.98. The molecule has 0 saturated heterocycles. The van der Waals surface area contributed by atoms with Crippen LogP contribution in [0.2, 0.25) is 0 Å². The number of para-hydroxylation sites is 1. The Morgan fingerprint density at radius 1 is 1.05 bits per heavy atom. The average molecular weight is 302 g/mol. The molecule has 4 nitrogen and oxygen atoms in total. The maximum atomic E-state index is 11.4. The lowest BCUT2D eigenvalue weighted by atomic mass is 10.1. The molecule has 2 aromatic rings. The van der Waals surface area contributed by atoms with Crippen LogP contribution in [-0.4, -0.2) is 31.7 Å². The number of aliphatic hydroxyl groups is 1. The van der Waals surface area contributed by atoms with Gasteiger partial charge < -0.3 is 14.6 Å². The highest BCUT2D eigenvalue weighted by atomic mass is 16.5. The fraction of sp³-hybridized carbons (Fsp3) is 0.278. The third-order valence-corrected chi connectivity index (χ3v) is 2.96. The van der Waals surface area contributed by atoms with Gasteiger partial charge in [-0.3, -0.25) is 4.79 Å². The van der Waals surface area contributed by atoms with Crippen molar-refractivity contribution in [3.8, 4) is 5.75 Å². The lowest BCUT2D eigenvalue weighted by Crippen LogP contribution is -2.08. The Morgan fingerprint density at radius 3 is 2.14 bits per heavy atom. The lowest BCUT2D eigenvalue weighted by Gasteiger charge is -2.05. The molecule has 1 atom stereocenters. The van der Waals surface area contributed by atoms with Gasteiger partial charge in [0.15, 0.2) is 5.78 Å². The van der Waals surface area contributed by atoms with Crippen LogP contribution in [0.5, 0.6) is 5.75 Å². The molecule has 0 fully saturated rings. The van der Waals surface area contributed by atoms with Gasteiger partial charge in [-0.05, 0) is 24.6 Å². The SMILES string of the molecule is CC(O)c1ccccc1.COCC(=O)c1ccccc1OC. The monoisotopic (exact) mass is 302 g/mol. The van der Waals surface area contributed by atoms with Gasteiger partial charge >= 0.3 is 0 Å². The minimum atomic E-state index is -0.341. The first kappa shape index (κ1) is 17.9. The van der Waals surface area contributed by atoms with Crippen LogP contribution in [0.1, 0.15) is 28.9 Å². The molecule has 4 heteroatoms. The van der Waals surface area contributed by atoms with Gasteiger partial charge in [0.05, 0.1) is 18.8 Å². The summed E-state index contributed by atoms with van der Waals surface area (Å²) in [5, 5.41) is 9.02. The number of benzene rings is 2. The zero-order chi connectivity index (χ0) is 16.4. The number of carbonyl (C=O) groups is 1. The smallest absolute Gasteiger partial charge is 0.192 e. The van der Waals surface area contributed by atoms with E-state index >= 15 is 0 Å². The van der Waals surface area contributed by atoms with Crippen LogP contribution in [0.3, 0.4) is 0 Å². The summed E-state index contributed by atoms with van der Waals surface area (Å²) in [5.74, 6) is 0.518. The zero-order valence-electron chi connectivity index (χ0n) is 13.2. The number of ether oxygens (including phenoxy) is 2. The summed E-state index contributed by atoms with van der Waals surface area (Å²) in [6, 6.07) is 16.7.